The van der Waals surface area contributed by atoms with Crippen molar-refractivity contribution in [2.75, 3.05) is 10.6 Å². The Bertz CT molecular complexity index is 1400. The number of amides is 1. The fourth-order valence-corrected chi connectivity index (χ4v) is 3.51. The van der Waals surface area contributed by atoms with Crippen LogP contribution in [0.3, 0.4) is 0 Å². The summed E-state index contributed by atoms with van der Waals surface area (Å²) in [4.78, 5) is 46.4. The molecule has 0 radical (unpaired) electrons. The molecule has 0 saturated heterocycles. The zero-order chi connectivity index (χ0) is 24.2. The fourth-order valence-electron chi connectivity index (χ4n) is 3.51. The zero-order valence-corrected chi connectivity index (χ0v) is 18.8. The smallest absolute Gasteiger partial charge is 0.330 e. The highest BCUT2D eigenvalue weighted by atomic mass is 16.5. The highest BCUT2D eigenvalue weighted by Crippen LogP contribution is 2.24. The van der Waals surface area contributed by atoms with Gasteiger partial charge in [-0.1, -0.05) is 18.5 Å². The molecule has 0 spiro atoms. The molecule has 0 fully saturated rings. The predicted octanol–water partition coefficient (Wildman–Crippen LogP) is 2.72. The molecule has 1 aromatic carbocycles. The summed E-state index contributed by atoms with van der Waals surface area (Å²) in [6, 6.07) is 9.86. The minimum absolute atomic E-state index is 0.0598. The Morgan fingerprint density at radius 1 is 1.21 bits per heavy atom. The van der Waals surface area contributed by atoms with Gasteiger partial charge in [0.05, 0.1) is 12.8 Å². The van der Waals surface area contributed by atoms with Gasteiger partial charge < -0.3 is 14.7 Å². The van der Waals surface area contributed by atoms with Crippen LogP contribution in [0, 0.1) is 6.92 Å². The molecule has 11 nitrogen and oxygen atoms in total. The minimum Gasteiger partial charge on any atom is -0.467 e. The summed E-state index contributed by atoms with van der Waals surface area (Å²) in [7, 11) is 0. The number of anilines is 2. The van der Waals surface area contributed by atoms with Crippen molar-refractivity contribution in [1.29, 1.82) is 0 Å². The van der Waals surface area contributed by atoms with Crippen LogP contribution in [0.5, 0.6) is 0 Å². The molecule has 176 valence electrons. The Labute approximate surface area is 193 Å². The first kappa shape index (κ1) is 22.8. The second-order valence-corrected chi connectivity index (χ2v) is 7.69. The van der Waals surface area contributed by atoms with Crippen molar-refractivity contribution in [2.45, 2.75) is 39.8 Å². The molecule has 0 aliphatic heterocycles. The van der Waals surface area contributed by atoms with Gasteiger partial charge in [-0.15, -0.1) is 0 Å². The molecular formula is C23H24N6O5. The van der Waals surface area contributed by atoms with Crippen LogP contribution in [0.1, 0.15) is 41.7 Å². The van der Waals surface area contributed by atoms with E-state index in [1.54, 1.807) is 43.3 Å². The number of nitrogens with one attached hydrogen (secondary N) is 1. The highest BCUT2D eigenvalue weighted by Gasteiger charge is 2.26. The number of aromatic amines is 1. The van der Waals surface area contributed by atoms with E-state index in [2.05, 4.69) is 15.1 Å². The van der Waals surface area contributed by atoms with Gasteiger partial charge in [-0.3, -0.25) is 24.0 Å². The summed E-state index contributed by atoms with van der Waals surface area (Å²) in [6.45, 7) is 3.93. The highest BCUT2D eigenvalue weighted by molar-refractivity contribution is 6.07. The number of furan rings is 1. The van der Waals surface area contributed by atoms with E-state index in [4.69, 9.17) is 14.7 Å². The molecule has 0 unspecified atom stereocenters. The van der Waals surface area contributed by atoms with E-state index in [0.29, 0.717) is 36.0 Å². The molecular weight excluding hydrogens is 440 g/mol. The maximum absolute atomic E-state index is 13.6. The number of nitrogens with two attached hydrogens (primary N) is 1. The monoisotopic (exact) mass is 464 g/mol. The lowest BCUT2D eigenvalue weighted by atomic mass is 10.1. The van der Waals surface area contributed by atoms with Gasteiger partial charge in [-0.2, -0.15) is 4.98 Å². The van der Waals surface area contributed by atoms with E-state index in [1.165, 1.54) is 15.7 Å². The zero-order valence-electron chi connectivity index (χ0n) is 18.8. The Morgan fingerprint density at radius 3 is 2.59 bits per heavy atom. The lowest BCUT2D eigenvalue weighted by molar-refractivity contribution is 0.0983. The second-order valence-electron chi connectivity index (χ2n) is 7.69. The van der Waals surface area contributed by atoms with Crippen LogP contribution < -0.4 is 21.9 Å². The van der Waals surface area contributed by atoms with Crippen LogP contribution in [0.25, 0.3) is 11.5 Å². The quantitative estimate of drug-likeness (QED) is 0.403. The van der Waals surface area contributed by atoms with Crippen molar-refractivity contribution < 1.29 is 13.7 Å². The standard InChI is InChI=1S/C23H24N6O5/c1-3-4-11-28-19(24)18(20(30)26-23(28)32)29(13-17-6-5-12-33-17)22(31)16-9-7-15(8-10-16)21-25-14(2)27-34-21/h5-10,12H,3-4,11,13,24H2,1-2H3,(H,26,30,32). The van der Waals surface area contributed by atoms with Crippen LogP contribution in [0.2, 0.25) is 0 Å². The topological polar surface area (TPSA) is 153 Å². The Balaban J connectivity index is 1.76. The summed E-state index contributed by atoms with van der Waals surface area (Å²) < 4.78 is 11.8. The van der Waals surface area contributed by atoms with Crippen LogP contribution in [-0.4, -0.2) is 25.6 Å². The molecule has 11 heteroatoms. The summed E-state index contributed by atoms with van der Waals surface area (Å²) in [5, 5.41) is 3.76. The van der Waals surface area contributed by atoms with E-state index < -0.39 is 17.2 Å². The lowest BCUT2D eigenvalue weighted by Crippen LogP contribution is -2.41. The number of aromatic nitrogens is 4. The van der Waals surface area contributed by atoms with Gasteiger partial charge in [-0.25, -0.2) is 4.79 Å². The number of carbonyl (C=O) groups is 1. The van der Waals surface area contributed by atoms with E-state index in [0.717, 1.165) is 6.42 Å². The SMILES string of the molecule is CCCCn1c(N)c(N(Cc2ccco2)C(=O)c2ccc(-c3nc(C)no3)cc2)c(=O)[nH]c1=O. The molecule has 0 atom stereocenters. The van der Waals surface area contributed by atoms with Crippen LogP contribution >= 0.6 is 0 Å². The molecule has 3 N–H and O–H groups in total. The van der Waals surface area contributed by atoms with Crippen LogP contribution in [0.4, 0.5) is 11.5 Å². The Kier molecular flexibility index (Phi) is 6.44. The van der Waals surface area contributed by atoms with Gasteiger partial charge >= 0.3 is 5.69 Å². The number of hydrogen-bond acceptors (Lipinski definition) is 8. The first-order chi connectivity index (χ1) is 16.4. The number of rotatable bonds is 8. The number of H-pyrrole nitrogens is 1. The average Bonchev–Trinajstić information content (AvgIpc) is 3.49. The number of benzene rings is 1. The fraction of sp³-hybridized carbons (Fsp3) is 0.261. The molecule has 3 aromatic heterocycles. The Hall–Kier alpha value is -4.41. The molecule has 0 bridgehead atoms. The number of aryl methyl sites for hydroxylation is 1. The second kappa shape index (κ2) is 9.61. The van der Waals surface area contributed by atoms with Crippen molar-refractivity contribution in [1.82, 2.24) is 19.7 Å². The third kappa shape index (κ3) is 4.53. The number of hydrogen-bond donors (Lipinski definition) is 2. The van der Waals surface area contributed by atoms with Gasteiger partial charge in [0, 0.05) is 17.7 Å². The molecule has 0 aliphatic rings. The Morgan fingerprint density at radius 2 is 1.97 bits per heavy atom. The maximum atomic E-state index is 13.6. The van der Waals surface area contributed by atoms with Crippen LogP contribution in [-0.2, 0) is 13.1 Å². The van der Waals surface area contributed by atoms with E-state index in [-0.39, 0.29) is 23.6 Å². The number of unbranched alkanes of at least 4 members (excludes halogenated alkanes) is 1. The van der Waals surface area contributed by atoms with Gasteiger partial charge in [0.25, 0.3) is 17.4 Å². The first-order valence-electron chi connectivity index (χ1n) is 10.8. The van der Waals surface area contributed by atoms with Gasteiger partial charge in [0.2, 0.25) is 0 Å². The first-order valence-corrected chi connectivity index (χ1v) is 10.8. The third-order valence-electron chi connectivity index (χ3n) is 5.26. The summed E-state index contributed by atoms with van der Waals surface area (Å²) >= 11 is 0. The van der Waals surface area contributed by atoms with E-state index >= 15 is 0 Å². The molecule has 3 heterocycles. The van der Waals surface area contributed by atoms with Crippen molar-refractivity contribution in [2.24, 2.45) is 0 Å². The summed E-state index contributed by atoms with van der Waals surface area (Å²) in [5.74, 6) is 0.680. The maximum Gasteiger partial charge on any atom is 0.330 e. The number of nitrogens with zero attached hydrogens (tertiary/aromatic N) is 4. The largest absolute Gasteiger partial charge is 0.467 e. The van der Waals surface area contributed by atoms with Gasteiger partial charge in [0.15, 0.2) is 11.5 Å². The van der Waals surface area contributed by atoms with Crippen LogP contribution in [0.15, 0.2) is 61.2 Å². The number of nitrogen functional groups attached to an aromatic ring is 1. The minimum atomic E-state index is -0.756. The molecule has 0 aliphatic carbocycles. The van der Waals surface area contributed by atoms with Crippen molar-refractivity contribution in [3.8, 4) is 11.5 Å². The van der Waals surface area contributed by atoms with E-state index in [1.807, 2.05) is 6.92 Å². The molecule has 34 heavy (non-hydrogen) atoms. The molecule has 4 rings (SSSR count). The lowest BCUT2D eigenvalue weighted by Gasteiger charge is -2.24. The summed E-state index contributed by atoms with van der Waals surface area (Å²) in [5.41, 5.74) is 5.70. The van der Waals surface area contributed by atoms with Gasteiger partial charge in [0.1, 0.15) is 11.6 Å². The molecule has 1 amide bonds. The average molecular weight is 464 g/mol. The van der Waals surface area contributed by atoms with Crippen molar-refractivity contribution in [3.63, 3.8) is 0 Å². The van der Waals surface area contributed by atoms with Crippen molar-refractivity contribution in [3.05, 3.63) is 80.6 Å². The normalized spacial score (nSPS) is 11.0. The van der Waals surface area contributed by atoms with E-state index in [9.17, 15) is 14.4 Å². The molecule has 0 saturated carbocycles. The third-order valence-corrected chi connectivity index (χ3v) is 5.26. The summed E-state index contributed by atoms with van der Waals surface area (Å²) in [6.07, 6.45) is 2.97. The predicted molar refractivity (Wildman–Crippen MR) is 124 cm³/mol. The van der Waals surface area contributed by atoms with Gasteiger partial charge in [-0.05, 0) is 49.7 Å². The van der Waals surface area contributed by atoms with Crippen molar-refractivity contribution >= 4 is 17.4 Å². The molecule has 4 aromatic rings. The number of carbonyl (C=O) groups excluding carboxylic acids is 1.